The molecule has 2 aliphatic carbocycles. The number of hydrogen-bond acceptors (Lipinski definition) is 8. The Bertz CT molecular complexity index is 1610. The van der Waals surface area contributed by atoms with Crippen LogP contribution in [0.5, 0.6) is 11.6 Å². The van der Waals surface area contributed by atoms with E-state index >= 15 is 0 Å². The normalized spacial score (nSPS) is 28.5. The number of aliphatic carboxylic acids is 1. The summed E-state index contributed by atoms with van der Waals surface area (Å²) in [5, 5.41) is 16.2. The van der Waals surface area contributed by atoms with Crippen molar-refractivity contribution in [3.63, 3.8) is 0 Å². The second-order valence-electron chi connectivity index (χ2n) is 13.9. The number of amides is 3. The Morgan fingerprint density at radius 1 is 1.12 bits per heavy atom. The van der Waals surface area contributed by atoms with Crippen LogP contribution in [-0.4, -0.2) is 81.3 Å². The molecule has 1 saturated heterocycles. The van der Waals surface area contributed by atoms with Crippen LogP contribution in [0.25, 0.3) is 10.9 Å². The molecule has 12 nitrogen and oxygen atoms in total. The second kappa shape index (κ2) is 14.6. The maximum absolute atomic E-state index is 14.9. The van der Waals surface area contributed by atoms with Gasteiger partial charge in [0, 0.05) is 36.3 Å². The minimum absolute atomic E-state index is 0.0130. The van der Waals surface area contributed by atoms with Crippen molar-refractivity contribution in [3.05, 3.63) is 42.2 Å². The van der Waals surface area contributed by atoms with E-state index in [0.29, 0.717) is 18.2 Å². The van der Waals surface area contributed by atoms with Gasteiger partial charge >= 0.3 is 12.1 Å². The van der Waals surface area contributed by atoms with Gasteiger partial charge in [0.05, 0.1) is 12.6 Å². The Balaban J connectivity index is 1.27. The summed E-state index contributed by atoms with van der Waals surface area (Å²) in [6.07, 6.45) is 8.79. The van der Waals surface area contributed by atoms with E-state index in [9.17, 15) is 28.7 Å². The van der Waals surface area contributed by atoms with Gasteiger partial charge in [0.1, 0.15) is 40.9 Å². The molecule has 5 atom stereocenters. The average molecular weight is 681 g/mol. The largest absolute Gasteiger partial charge is 0.488 e. The molecule has 2 saturated carbocycles. The van der Waals surface area contributed by atoms with Gasteiger partial charge in [-0.2, -0.15) is 0 Å². The number of carbonyl (C=O) groups is 4. The van der Waals surface area contributed by atoms with E-state index in [4.69, 9.17) is 14.2 Å². The molecule has 3 amide bonds. The van der Waals surface area contributed by atoms with E-state index in [2.05, 4.69) is 15.6 Å². The molecular formula is C36H45FN4O8. The summed E-state index contributed by atoms with van der Waals surface area (Å²) in [6.45, 7) is 3.65. The van der Waals surface area contributed by atoms with E-state index in [1.54, 1.807) is 18.2 Å². The van der Waals surface area contributed by atoms with Crippen molar-refractivity contribution in [1.82, 2.24) is 20.5 Å². The van der Waals surface area contributed by atoms with Crippen LogP contribution in [0.3, 0.4) is 0 Å². The molecule has 0 bridgehead atoms. The third kappa shape index (κ3) is 7.91. The number of fused-ring (bicyclic) bond motifs is 3. The Hall–Kier alpha value is -4.42. The lowest BCUT2D eigenvalue weighted by Gasteiger charge is -2.27. The number of para-hydroxylation sites is 1. The molecule has 2 aromatic rings. The number of hydrogen-bond donors (Lipinski definition) is 3. The molecule has 264 valence electrons. The molecule has 3 N–H and O–H groups in total. The number of nitrogens with zero attached hydrogens (tertiary/aromatic N) is 2. The fraction of sp³-hybridized carbons (Fsp3) is 0.583. The molecule has 1 aromatic heterocycles. The SMILES string of the molecule is CC(C)Oc1cc(O[C@@H]2C[C@H]3C(=O)N[C@]4(C(=O)O)C[C@@H]4/C=C\CCCC[C@H](NC(=O)OC4CCCC4)CC(=O)N3C2)c2cccc(F)c2n1. The predicted octanol–water partition coefficient (Wildman–Crippen LogP) is 5.03. The average Bonchev–Trinajstić information content (AvgIpc) is 3.33. The lowest BCUT2D eigenvalue weighted by molar-refractivity contribution is -0.145. The van der Waals surface area contributed by atoms with Crippen LogP contribution in [0.2, 0.25) is 0 Å². The molecule has 0 unspecified atom stereocenters. The van der Waals surface area contributed by atoms with Gasteiger partial charge < -0.3 is 34.9 Å². The van der Waals surface area contributed by atoms with Gasteiger partial charge in [-0.3, -0.25) is 9.59 Å². The molecule has 0 spiro atoms. The number of benzene rings is 1. The summed E-state index contributed by atoms with van der Waals surface area (Å²) < 4.78 is 32.7. The van der Waals surface area contributed by atoms with E-state index in [1.165, 1.54) is 11.0 Å². The quantitative estimate of drug-likeness (QED) is 0.342. The summed E-state index contributed by atoms with van der Waals surface area (Å²) >= 11 is 0. The molecule has 49 heavy (non-hydrogen) atoms. The van der Waals surface area contributed by atoms with Crippen molar-refractivity contribution in [3.8, 4) is 11.6 Å². The number of alkyl carbamates (subject to hydrolysis) is 1. The third-order valence-corrected chi connectivity index (χ3v) is 9.87. The van der Waals surface area contributed by atoms with Crippen LogP contribution >= 0.6 is 0 Å². The number of nitrogens with one attached hydrogen (secondary N) is 2. The topological polar surface area (TPSA) is 156 Å². The van der Waals surface area contributed by atoms with Crippen LogP contribution in [0.4, 0.5) is 9.18 Å². The van der Waals surface area contributed by atoms with Crippen molar-refractivity contribution in [2.45, 2.75) is 120 Å². The number of rotatable bonds is 7. The van der Waals surface area contributed by atoms with Crippen molar-refractivity contribution in [2.75, 3.05) is 6.54 Å². The fourth-order valence-corrected chi connectivity index (χ4v) is 7.24. The molecule has 4 aliphatic rings. The van der Waals surface area contributed by atoms with Crippen molar-refractivity contribution < 1.29 is 42.9 Å². The Morgan fingerprint density at radius 2 is 1.90 bits per heavy atom. The first-order valence-electron chi connectivity index (χ1n) is 17.4. The van der Waals surface area contributed by atoms with Gasteiger partial charge in [-0.15, -0.1) is 0 Å². The predicted molar refractivity (Wildman–Crippen MR) is 177 cm³/mol. The second-order valence-corrected chi connectivity index (χ2v) is 13.9. The Labute approximate surface area is 284 Å². The van der Waals surface area contributed by atoms with Gasteiger partial charge in [-0.05, 0) is 77.3 Å². The molecule has 1 aromatic carbocycles. The lowest BCUT2D eigenvalue weighted by atomic mass is 10.0. The molecule has 2 aliphatic heterocycles. The highest BCUT2D eigenvalue weighted by molar-refractivity contribution is 5.95. The van der Waals surface area contributed by atoms with Gasteiger partial charge in [0.25, 0.3) is 0 Å². The molecule has 0 radical (unpaired) electrons. The number of allylic oxidation sites excluding steroid dienone is 1. The zero-order valence-electron chi connectivity index (χ0n) is 28.0. The summed E-state index contributed by atoms with van der Waals surface area (Å²) in [5.41, 5.74) is -1.39. The van der Waals surface area contributed by atoms with Crippen molar-refractivity contribution >= 4 is 34.8 Å². The number of pyridine rings is 1. The molecule has 3 heterocycles. The van der Waals surface area contributed by atoms with Gasteiger partial charge in [0.2, 0.25) is 17.7 Å². The highest BCUT2D eigenvalue weighted by Crippen LogP contribution is 2.45. The Kier molecular flexibility index (Phi) is 10.3. The first-order valence-corrected chi connectivity index (χ1v) is 17.4. The number of carboxylic acids is 1. The maximum Gasteiger partial charge on any atom is 0.407 e. The van der Waals surface area contributed by atoms with Crippen LogP contribution in [0.15, 0.2) is 36.4 Å². The lowest BCUT2D eigenvalue weighted by Crippen LogP contribution is -2.53. The van der Waals surface area contributed by atoms with E-state index < -0.39 is 47.5 Å². The molecular weight excluding hydrogens is 635 g/mol. The molecule has 3 fully saturated rings. The number of halogens is 1. The van der Waals surface area contributed by atoms with Crippen molar-refractivity contribution in [1.29, 1.82) is 0 Å². The highest BCUT2D eigenvalue weighted by Gasteiger charge is 2.61. The minimum atomic E-state index is -1.45. The van der Waals surface area contributed by atoms with Crippen LogP contribution in [0.1, 0.15) is 84.5 Å². The van der Waals surface area contributed by atoms with Crippen LogP contribution < -0.4 is 20.1 Å². The summed E-state index contributed by atoms with van der Waals surface area (Å²) in [4.78, 5) is 58.9. The number of aromatic nitrogens is 1. The number of carbonyl (C=O) groups excluding carboxylic acids is 3. The third-order valence-electron chi connectivity index (χ3n) is 9.87. The first kappa shape index (κ1) is 34.4. The summed E-state index contributed by atoms with van der Waals surface area (Å²) in [6, 6.07) is 4.51. The monoisotopic (exact) mass is 680 g/mol. The molecule has 6 rings (SSSR count). The van der Waals surface area contributed by atoms with Crippen LogP contribution in [0, 0.1) is 11.7 Å². The van der Waals surface area contributed by atoms with Gasteiger partial charge in [-0.25, -0.2) is 19.0 Å². The van der Waals surface area contributed by atoms with Gasteiger partial charge in [-0.1, -0.05) is 24.6 Å². The Morgan fingerprint density at radius 3 is 2.65 bits per heavy atom. The van der Waals surface area contributed by atoms with Gasteiger partial charge in [0.15, 0.2) is 0 Å². The number of ether oxygens (including phenoxy) is 3. The molecule has 13 heteroatoms. The standard InChI is InChI=1S/C36H45FN4O8/c1-21(2)47-30-18-29(26-14-9-15-27(37)32(26)39-30)48-25-17-28-33(43)40-36(34(44)45)19-22(36)10-5-3-4-6-11-23(16-31(42)41(28)20-25)38-35(46)49-24-12-7-8-13-24/h5,9-10,14-15,18,21-25,28H,3-4,6-8,11-13,16-17,19-20H2,1-2H3,(H,38,46)(H,40,43)(H,44,45)/b10-5-/t22-,23-,25+,28-,36+/m0/s1. The van der Waals surface area contributed by atoms with E-state index in [0.717, 1.165) is 38.5 Å². The maximum atomic E-state index is 14.9. The van der Waals surface area contributed by atoms with E-state index in [-0.39, 0.29) is 67.0 Å². The van der Waals surface area contributed by atoms with Crippen molar-refractivity contribution in [2.24, 2.45) is 5.92 Å². The first-order chi connectivity index (χ1) is 23.5. The van der Waals surface area contributed by atoms with Crippen LogP contribution in [-0.2, 0) is 19.1 Å². The smallest absolute Gasteiger partial charge is 0.407 e. The highest BCUT2D eigenvalue weighted by atomic mass is 19.1. The fourth-order valence-electron chi connectivity index (χ4n) is 7.24. The zero-order chi connectivity index (χ0) is 34.7. The zero-order valence-corrected chi connectivity index (χ0v) is 28.0. The van der Waals surface area contributed by atoms with E-state index in [1.807, 2.05) is 26.0 Å². The minimum Gasteiger partial charge on any atom is -0.488 e. The summed E-state index contributed by atoms with van der Waals surface area (Å²) in [7, 11) is 0. The number of carboxylic acid groups (broad SMARTS) is 1. The summed E-state index contributed by atoms with van der Waals surface area (Å²) in [5.74, 6) is -2.57.